The number of nitrogens with zero attached hydrogens (tertiary/aromatic N) is 1. The fraction of sp³-hybridized carbons (Fsp3) is 1.00. The van der Waals surface area contributed by atoms with Crippen molar-refractivity contribution >= 4 is 10.0 Å². The third-order valence-corrected chi connectivity index (χ3v) is 5.82. The van der Waals surface area contributed by atoms with Gasteiger partial charge in [0.05, 0.1) is 5.75 Å². The Morgan fingerprint density at radius 3 is 2.44 bits per heavy atom. The SMILES string of the molecule is CC(C)(C)C1CCCN(S(=O)(=O)CCCO)CC1. The molecule has 0 bridgehead atoms. The molecule has 0 amide bonds. The van der Waals surface area contributed by atoms with E-state index < -0.39 is 10.0 Å². The quantitative estimate of drug-likeness (QED) is 0.853. The van der Waals surface area contributed by atoms with Crippen LogP contribution >= 0.6 is 0 Å². The van der Waals surface area contributed by atoms with Crippen LogP contribution in [0.5, 0.6) is 0 Å². The summed E-state index contributed by atoms with van der Waals surface area (Å²) in [6, 6.07) is 0. The van der Waals surface area contributed by atoms with Crippen molar-refractivity contribution < 1.29 is 13.5 Å². The fourth-order valence-corrected chi connectivity index (χ4v) is 4.13. The smallest absolute Gasteiger partial charge is 0.214 e. The van der Waals surface area contributed by atoms with Crippen LogP contribution < -0.4 is 0 Å². The number of sulfonamides is 1. The number of aliphatic hydroxyl groups excluding tert-OH is 1. The van der Waals surface area contributed by atoms with E-state index in [0.717, 1.165) is 19.3 Å². The molecular weight excluding hydrogens is 250 g/mol. The summed E-state index contributed by atoms with van der Waals surface area (Å²) >= 11 is 0. The molecule has 1 saturated heterocycles. The molecule has 1 atom stereocenters. The van der Waals surface area contributed by atoms with Crippen LogP contribution in [0.1, 0.15) is 46.5 Å². The maximum atomic E-state index is 12.1. The van der Waals surface area contributed by atoms with Gasteiger partial charge in [0.25, 0.3) is 0 Å². The van der Waals surface area contributed by atoms with E-state index in [9.17, 15) is 8.42 Å². The lowest BCUT2D eigenvalue weighted by Crippen LogP contribution is -2.34. The summed E-state index contributed by atoms with van der Waals surface area (Å²) in [5.41, 5.74) is 0.255. The molecule has 1 aliphatic heterocycles. The van der Waals surface area contributed by atoms with Crippen molar-refractivity contribution in [3.8, 4) is 0 Å². The highest BCUT2D eigenvalue weighted by Gasteiger charge is 2.30. The summed E-state index contributed by atoms with van der Waals surface area (Å²) < 4.78 is 25.8. The van der Waals surface area contributed by atoms with E-state index in [-0.39, 0.29) is 17.8 Å². The van der Waals surface area contributed by atoms with Crippen LogP contribution in [-0.4, -0.2) is 43.3 Å². The average molecular weight is 277 g/mol. The zero-order valence-electron chi connectivity index (χ0n) is 11.9. The molecule has 1 unspecified atom stereocenters. The van der Waals surface area contributed by atoms with Crippen molar-refractivity contribution in [2.24, 2.45) is 11.3 Å². The highest BCUT2D eigenvalue weighted by Crippen LogP contribution is 2.34. The first-order valence-corrected chi connectivity index (χ1v) is 8.47. The zero-order chi connectivity index (χ0) is 13.8. The van der Waals surface area contributed by atoms with Crippen molar-refractivity contribution in [1.82, 2.24) is 4.31 Å². The molecule has 0 aromatic rings. The van der Waals surface area contributed by atoms with Gasteiger partial charge in [-0.15, -0.1) is 0 Å². The Balaban J connectivity index is 2.62. The molecular formula is C13H27NO3S. The molecule has 0 aromatic heterocycles. The third-order valence-electron chi connectivity index (χ3n) is 3.87. The second kappa shape index (κ2) is 6.35. The van der Waals surface area contributed by atoms with E-state index in [0.29, 0.717) is 25.4 Å². The summed E-state index contributed by atoms with van der Waals surface area (Å²) in [5, 5.41) is 8.75. The normalized spacial score (nSPS) is 23.9. The third kappa shape index (κ3) is 4.52. The molecule has 1 heterocycles. The summed E-state index contributed by atoms with van der Waals surface area (Å²) in [6.45, 7) is 7.91. The van der Waals surface area contributed by atoms with E-state index >= 15 is 0 Å². The first-order valence-electron chi connectivity index (χ1n) is 6.86. The summed E-state index contributed by atoms with van der Waals surface area (Å²) in [6.07, 6.45) is 3.33. The Kier molecular flexibility index (Phi) is 5.62. The predicted octanol–water partition coefficient (Wildman–Crippen LogP) is 1.85. The van der Waals surface area contributed by atoms with E-state index in [4.69, 9.17) is 5.11 Å². The molecule has 1 fully saturated rings. The van der Waals surface area contributed by atoms with Gasteiger partial charge in [-0.25, -0.2) is 12.7 Å². The second-order valence-electron chi connectivity index (χ2n) is 6.29. The Morgan fingerprint density at radius 1 is 1.22 bits per heavy atom. The summed E-state index contributed by atoms with van der Waals surface area (Å²) in [4.78, 5) is 0. The maximum absolute atomic E-state index is 12.1. The zero-order valence-corrected chi connectivity index (χ0v) is 12.7. The van der Waals surface area contributed by atoms with Crippen LogP contribution in [0.2, 0.25) is 0 Å². The van der Waals surface area contributed by atoms with Gasteiger partial charge in [0.2, 0.25) is 10.0 Å². The number of hydrogen-bond donors (Lipinski definition) is 1. The minimum Gasteiger partial charge on any atom is -0.396 e. The van der Waals surface area contributed by atoms with Crippen LogP contribution in [0.25, 0.3) is 0 Å². The predicted molar refractivity (Wildman–Crippen MR) is 73.9 cm³/mol. The minimum atomic E-state index is -3.16. The van der Waals surface area contributed by atoms with Crippen LogP contribution in [0.3, 0.4) is 0 Å². The lowest BCUT2D eigenvalue weighted by atomic mass is 9.77. The van der Waals surface area contributed by atoms with E-state index in [1.807, 2.05) is 0 Å². The van der Waals surface area contributed by atoms with E-state index in [1.165, 1.54) is 0 Å². The molecule has 1 aliphatic rings. The van der Waals surface area contributed by atoms with Gasteiger partial charge in [-0.3, -0.25) is 0 Å². The molecule has 0 spiro atoms. The maximum Gasteiger partial charge on any atom is 0.214 e. The van der Waals surface area contributed by atoms with Crippen LogP contribution in [0.4, 0.5) is 0 Å². The van der Waals surface area contributed by atoms with Gasteiger partial charge in [-0.2, -0.15) is 0 Å². The van der Waals surface area contributed by atoms with Gasteiger partial charge in [0.1, 0.15) is 0 Å². The van der Waals surface area contributed by atoms with Crippen molar-refractivity contribution in [2.45, 2.75) is 46.5 Å². The number of rotatable bonds is 4. The molecule has 4 nitrogen and oxygen atoms in total. The van der Waals surface area contributed by atoms with E-state index in [1.54, 1.807) is 4.31 Å². The Bertz CT molecular complexity index is 346. The largest absolute Gasteiger partial charge is 0.396 e. The van der Waals surface area contributed by atoms with Crippen molar-refractivity contribution in [2.75, 3.05) is 25.4 Å². The Hall–Kier alpha value is -0.130. The molecule has 18 heavy (non-hydrogen) atoms. The van der Waals surface area contributed by atoms with Crippen LogP contribution in [0, 0.1) is 11.3 Å². The van der Waals surface area contributed by atoms with Gasteiger partial charge in [-0.1, -0.05) is 20.8 Å². The van der Waals surface area contributed by atoms with Crippen molar-refractivity contribution in [1.29, 1.82) is 0 Å². The number of hydrogen-bond acceptors (Lipinski definition) is 3. The van der Waals surface area contributed by atoms with Crippen molar-refractivity contribution in [3.63, 3.8) is 0 Å². The minimum absolute atomic E-state index is 0.0579. The molecule has 0 aromatic carbocycles. The Morgan fingerprint density at radius 2 is 1.89 bits per heavy atom. The fourth-order valence-electron chi connectivity index (χ4n) is 2.59. The Labute approximate surface area is 111 Å². The van der Waals surface area contributed by atoms with Gasteiger partial charge in [0.15, 0.2) is 0 Å². The van der Waals surface area contributed by atoms with Gasteiger partial charge in [0, 0.05) is 19.7 Å². The molecule has 0 radical (unpaired) electrons. The van der Waals surface area contributed by atoms with Gasteiger partial charge in [-0.05, 0) is 37.0 Å². The summed E-state index contributed by atoms with van der Waals surface area (Å²) in [5.74, 6) is 0.666. The highest BCUT2D eigenvalue weighted by atomic mass is 32.2. The molecule has 1 N–H and O–H groups in total. The first-order chi connectivity index (χ1) is 8.27. The van der Waals surface area contributed by atoms with E-state index in [2.05, 4.69) is 20.8 Å². The highest BCUT2D eigenvalue weighted by molar-refractivity contribution is 7.89. The molecule has 0 aliphatic carbocycles. The lowest BCUT2D eigenvalue weighted by Gasteiger charge is -2.29. The average Bonchev–Trinajstić information content (AvgIpc) is 2.51. The molecule has 5 heteroatoms. The van der Waals surface area contributed by atoms with Gasteiger partial charge < -0.3 is 5.11 Å². The van der Waals surface area contributed by atoms with Crippen LogP contribution in [-0.2, 0) is 10.0 Å². The lowest BCUT2D eigenvalue weighted by molar-refractivity contribution is 0.216. The molecule has 108 valence electrons. The monoisotopic (exact) mass is 277 g/mol. The summed E-state index contributed by atoms with van der Waals surface area (Å²) in [7, 11) is -3.16. The van der Waals surface area contributed by atoms with Crippen LogP contribution in [0.15, 0.2) is 0 Å². The standard InChI is InChI=1S/C13H27NO3S/c1-13(2,3)12-6-4-8-14(9-7-12)18(16,17)11-5-10-15/h12,15H,4-11H2,1-3H3. The topological polar surface area (TPSA) is 57.6 Å². The first kappa shape index (κ1) is 15.9. The second-order valence-corrected chi connectivity index (χ2v) is 8.37. The van der Waals surface area contributed by atoms with Crippen molar-refractivity contribution in [3.05, 3.63) is 0 Å². The van der Waals surface area contributed by atoms with Gasteiger partial charge >= 0.3 is 0 Å². The molecule has 0 saturated carbocycles. The molecule has 1 rings (SSSR count). The number of aliphatic hydroxyl groups is 1.